The molecule has 0 spiro atoms. The Kier molecular flexibility index (Phi) is 18.7. The molecule has 0 saturated carbocycles. The fourth-order valence-corrected chi connectivity index (χ4v) is 4.50. The molecule has 0 aromatic heterocycles. The Bertz CT molecular complexity index is 914. The van der Waals surface area contributed by atoms with E-state index in [9.17, 15) is 24.6 Å². The van der Waals surface area contributed by atoms with Crippen molar-refractivity contribution >= 4 is 23.4 Å². The van der Waals surface area contributed by atoms with Crippen molar-refractivity contribution in [1.82, 2.24) is 5.32 Å². The van der Waals surface area contributed by atoms with E-state index in [1.807, 2.05) is 0 Å². The molecule has 1 aromatic rings. The molecule has 0 bridgehead atoms. The van der Waals surface area contributed by atoms with Crippen LogP contribution in [0.4, 0.5) is 5.69 Å². The molecule has 0 radical (unpaired) electrons. The summed E-state index contributed by atoms with van der Waals surface area (Å²) in [5.74, 6) is -2.16. The van der Waals surface area contributed by atoms with Crippen LogP contribution in [0.25, 0.3) is 0 Å². The summed E-state index contributed by atoms with van der Waals surface area (Å²) in [7, 11) is 0. The molecule has 0 heterocycles. The summed E-state index contributed by atoms with van der Waals surface area (Å²) in [6.45, 7) is 4.92. The Labute approximate surface area is 247 Å². The molecular weight excluding hydrogens is 518 g/mol. The van der Waals surface area contributed by atoms with Crippen LogP contribution in [0.15, 0.2) is 36.4 Å². The van der Waals surface area contributed by atoms with E-state index in [2.05, 4.69) is 29.7 Å². The smallest absolute Gasteiger partial charge is 0.249 e. The average molecular weight is 574 g/mol. The number of hydrogen-bond donors (Lipinski definition) is 5. The number of primary amides is 1. The van der Waals surface area contributed by atoms with Crippen LogP contribution in [0, 0.1) is 5.41 Å². The summed E-state index contributed by atoms with van der Waals surface area (Å²) >= 11 is 0. The number of anilines is 1. The molecule has 1 rings (SSSR count). The Morgan fingerprint density at radius 3 is 1.95 bits per heavy atom. The zero-order chi connectivity index (χ0) is 30.5. The topological polar surface area (TPSA) is 142 Å². The summed E-state index contributed by atoms with van der Waals surface area (Å²) in [6, 6.07) is 6.78. The molecule has 8 heteroatoms. The van der Waals surface area contributed by atoms with E-state index in [0.29, 0.717) is 17.7 Å². The number of allylic oxidation sites excluding steroid dienone is 2. The highest BCUT2D eigenvalue weighted by Crippen LogP contribution is 2.21. The van der Waals surface area contributed by atoms with Crippen molar-refractivity contribution in [2.45, 2.75) is 123 Å². The summed E-state index contributed by atoms with van der Waals surface area (Å²) in [6.07, 6.45) is 19.5. The Morgan fingerprint density at radius 2 is 1.41 bits per heavy atom. The maximum Gasteiger partial charge on any atom is 0.249 e. The van der Waals surface area contributed by atoms with E-state index in [1.165, 1.54) is 57.8 Å². The number of hydrogen-bond acceptors (Lipinski definition) is 5. The molecule has 0 saturated heterocycles. The summed E-state index contributed by atoms with van der Waals surface area (Å²) < 4.78 is 0. The second-order valence-electron chi connectivity index (χ2n) is 11.8. The molecule has 3 amide bonds. The number of unbranched alkanes of at least 4 members (excludes halogenated alkanes) is 11. The van der Waals surface area contributed by atoms with E-state index in [4.69, 9.17) is 5.73 Å². The zero-order valence-corrected chi connectivity index (χ0v) is 25.6. The molecule has 1 aromatic carbocycles. The predicted octanol–water partition coefficient (Wildman–Crippen LogP) is 5.73. The van der Waals surface area contributed by atoms with Crippen molar-refractivity contribution in [3.05, 3.63) is 42.0 Å². The van der Waals surface area contributed by atoms with Gasteiger partial charge in [0.05, 0.1) is 12.5 Å². The van der Waals surface area contributed by atoms with Crippen molar-refractivity contribution in [2.24, 2.45) is 11.1 Å². The van der Waals surface area contributed by atoms with Crippen LogP contribution < -0.4 is 16.4 Å². The fraction of sp³-hybridized carbons (Fsp3) is 0.667. The Morgan fingerprint density at radius 1 is 0.878 bits per heavy atom. The lowest BCUT2D eigenvalue weighted by molar-refractivity contribution is -0.137. The third kappa shape index (κ3) is 15.8. The van der Waals surface area contributed by atoms with Crippen LogP contribution in [-0.4, -0.2) is 47.2 Å². The number of amides is 3. The van der Waals surface area contributed by atoms with Crippen LogP contribution in [0.3, 0.4) is 0 Å². The predicted molar refractivity (Wildman–Crippen MR) is 166 cm³/mol. The van der Waals surface area contributed by atoms with Gasteiger partial charge in [0.1, 0.15) is 6.10 Å². The van der Waals surface area contributed by atoms with Crippen molar-refractivity contribution in [3.8, 4) is 0 Å². The lowest BCUT2D eigenvalue weighted by atomic mass is 9.87. The van der Waals surface area contributed by atoms with Gasteiger partial charge in [-0.15, -0.1) is 0 Å². The van der Waals surface area contributed by atoms with Gasteiger partial charge in [0.25, 0.3) is 0 Å². The quantitative estimate of drug-likeness (QED) is 0.0840. The molecule has 41 heavy (non-hydrogen) atoms. The third-order valence-corrected chi connectivity index (χ3v) is 7.48. The van der Waals surface area contributed by atoms with Gasteiger partial charge in [-0.25, -0.2) is 0 Å². The molecule has 0 fully saturated rings. The molecule has 2 atom stereocenters. The molecule has 0 aliphatic heterocycles. The van der Waals surface area contributed by atoms with Gasteiger partial charge in [-0.1, -0.05) is 96.4 Å². The van der Waals surface area contributed by atoms with Crippen LogP contribution >= 0.6 is 0 Å². The van der Waals surface area contributed by atoms with E-state index < -0.39 is 29.3 Å². The van der Waals surface area contributed by atoms with E-state index in [1.54, 1.807) is 38.1 Å². The lowest BCUT2D eigenvalue weighted by Crippen LogP contribution is -2.47. The van der Waals surface area contributed by atoms with Gasteiger partial charge in [0.15, 0.2) is 0 Å². The number of carbonyl (C=O) groups is 3. The van der Waals surface area contributed by atoms with Gasteiger partial charge in [-0.2, -0.15) is 0 Å². The van der Waals surface area contributed by atoms with E-state index in [-0.39, 0.29) is 19.1 Å². The van der Waals surface area contributed by atoms with Gasteiger partial charge < -0.3 is 26.6 Å². The average Bonchev–Trinajstić information content (AvgIpc) is 2.95. The van der Waals surface area contributed by atoms with E-state index >= 15 is 0 Å². The number of nitrogens with two attached hydrogens (primary N) is 1. The maximum atomic E-state index is 12.3. The summed E-state index contributed by atoms with van der Waals surface area (Å²) in [4.78, 5) is 36.6. The van der Waals surface area contributed by atoms with Crippen molar-refractivity contribution in [3.63, 3.8) is 0 Å². The number of aliphatic hydroxyl groups excluding tert-OH is 2. The van der Waals surface area contributed by atoms with Gasteiger partial charge in [0, 0.05) is 24.1 Å². The van der Waals surface area contributed by atoms with E-state index in [0.717, 1.165) is 25.7 Å². The monoisotopic (exact) mass is 573 g/mol. The largest absolute Gasteiger partial charge is 0.396 e. The highest BCUT2D eigenvalue weighted by atomic mass is 16.3. The Hall–Kier alpha value is -2.71. The number of nitrogens with one attached hydrogen (secondary N) is 2. The van der Waals surface area contributed by atoms with Gasteiger partial charge in [-0.05, 0) is 49.8 Å². The number of benzene rings is 1. The SMILES string of the molecule is CCCCCCCC/C=C\CCCCCCCC(=O)Nc1ccc(C(CNC(=O)C(O)C(C)(C)CO)C(N)=O)cc1. The van der Waals surface area contributed by atoms with Crippen molar-refractivity contribution in [1.29, 1.82) is 0 Å². The van der Waals surface area contributed by atoms with Crippen LogP contribution in [-0.2, 0) is 14.4 Å². The first-order valence-corrected chi connectivity index (χ1v) is 15.5. The molecule has 232 valence electrons. The summed E-state index contributed by atoms with van der Waals surface area (Å²) in [5.41, 5.74) is 5.74. The number of carbonyl (C=O) groups excluding carboxylic acids is 3. The van der Waals surface area contributed by atoms with Crippen LogP contribution in [0.5, 0.6) is 0 Å². The molecule has 8 nitrogen and oxygen atoms in total. The molecular formula is C33H55N3O5. The first-order valence-electron chi connectivity index (χ1n) is 15.5. The lowest BCUT2D eigenvalue weighted by Gasteiger charge is -2.27. The van der Waals surface area contributed by atoms with Gasteiger partial charge in [0.2, 0.25) is 17.7 Å². The normalized spacial score (nSPS) is 13.2. The van der Waals surface area contributed by atoms with Crippen molar-refractivity contribution < 1.29 is 24.6 Å². The Balaban J connectivity index is 2.27. The minimum atomic E-state index is -1.43. The molecule has 0 aliphatic carbocycles. The minimum absolute atomic E-state index is 0.0467. The molecule has 0 aliphatic rings. The first kappa shape index (κ1) is 36.3. The molecule has 6 N–H and O–H groups in total. The highest BCUT2D eigenvalue weighted by molar-refractivity contribution is 5.91. The fourth-order valence-electron chi connectivity index (χ4n) is 4.50. The van der Waals surface area contributed by atoms with Gasteiger partial charge in [-0.3, -0.25) is 14.4 Å². The van der Waals surface area contributed by atoms with Gasteiger partial charge >= 0.3 is 0 Å². The molecule has 2 unspecified atom stereocenters. The number of rotatable bonds is 23. The van der Waals surface area contributed by atoms with Crippen LogP contribution in [0.1, 0.15) is 122 Å². The maximum absolute atomic E-state index is 12.3. The highest BCUT2D eigenvalue weighted by Gasteiger charge is 2.33. The zero-order valence-electron chi connectivity index (χ0n) is 25.6. The second-order valence-corrected chi connectivity index (χ2v) is 11.8. The standard InChI is InChI=1S/C33H55N3O5/c1-4-5-6-7-8-9-10-11-12-13-14-15-16-17-18-19-29(38)36-27-22-20-26(21-23-27)28(31(34)40)24-35-32(41)30(39)33(2,3)25-37/h11-12,20-23,28,30,37,39H,4-10,13-19,24-25H2,1-3H3,(H2,34,40)(H,35,41)(H,36,38)/b12-11-. The first-order chi connectivity index (χ1) is 19.6. The van der Waals surface area contributed by atoms with Crippen LogP contribution in [0.2, 0.25) is 0 Å². The van der Waals surface area contributed by atoms with Crippen molar-refractivity contribution in [2.75, 3.05) is 18.5 Å². The minimum Gasteiger partial charge on any atom is -0.396 e. The third-order valence-electron chi connectivity index (χ3n) is 7.48. The summed E-state index contributed by atoms with van der Waals surface area (Å²) in [5, 5.41) is 24.9. The number of aliphatic hydroxyl groups is 2. The second kappa shape index (κ2) is 21.1.